The van der Waals surface area contributed by atoms with Crippen LogP contribution in [0.4, 0.5) is 0 Å². The highest BCUT2D eigenvalue weighted by Gasteiger charge is 2.26. The molecular formula is C9H19NO2. The zero-order chi connectivity index (χ0) is 8.97. The molecule has 1 aliphatic rings. The average molecular weight is 173 g/mol. The third kappa shape index (κ3) is 2.19. The summed E-state index contributed by atoms with van der Waals surface area (Å²) in [5.41, 5.74) is 0. The summed E-state index contributed by atoms with van der Waals surface area (Å²) >= 11 is 0. The molecule has 0 aromatic heterocycles. The third-order valence-electron chi connectivity index (χ3n) is 2.73. The van der Waals surface area contributed by atoms with E-state index in [1.807, 2.05) is 0 Å². The fraction of sp³-hybridized carbons (Fsp3) is 1.00. The first-order valence-corrected chi connectivity index (χ1v) is 4.69. The first kappa shape index (κ1) is 9.96. The Balaban J connectivity index is 2.41. The van der Waals surface area contributed by atoms with Crippen LogP contribution < -0.4 is 0 Å². The molecule has 0 amide bonds. The molecule has 0 radical (unpaired) electrons. The van der Waals surface area contributed by atoms with Crippen LogP contribution in [-0.2, 0) is 4.74 Å². The van der Waals surface area contributed by atoms with Gasteiger partial charge in [0.2, 0.25) is 0 Å². The number of hydrogen-bond acceptors (Lipinski definition) is 3. The number of rotatable bonds is 3. The largest absolute Gasteiger partial charge is 0.395 e. The van der Waals surface area contributed by atoms with Crippen molar-refractivity contribution in [2.24, 2.45) is 0 Å². The van der Waals surface area contributed by atoms with Gasteiger partial charge in [0.1, 0.15) is 0 Å². The van der Waals surface area contributed by atoms with E-state index in [0.29, 0.717) is 12.1 Å². The summed E-state index contributed by atoms with van der Waals surface area (Å²) in [7, 11) is 1.76. The quantitative estimate of drug-likeness (QED) is 0.673. The second-order valence-corrected chi connectivity index (χ2v) is 3.36. The van der Waals surface area contributed by atoms with Gasteiger partial charge in [-0.05, 0) is 19.4 Å². The molecule has 72 valence electrons. The molecule has 2 atom stereocenters. The summed E-state index contributed by atoms with van der Waals surface area (Å²) in [5, 5.41) is 9.07. The van der Waals surface area contributed by atoms with Crippen molar-refractivity contribution in [3.63, 3.8) is 0 Å². The van der Waals surface area contributed by atoms with Crippen molar-refractivity contribution in [2.45, 2.75) is 31.9 Å². The van der Waals surface area contributed by atoms with Gasteiger partial charge in [-0.15, -0.1) is 0 Å². The minimum atomic E-state index is 0.282. The number of likely N-dealkylation sites (N-methyl/N-ethyl adjacent to an activating group) is 1. The number of hydrogen-bond donors (Lipinski definition) is 1. The molecule has 12 heavy (non-hydrogen) atoms. The Hall–Kier alpha value is -0.120. The lowest BCUT2D eigenvalue weighted by Gasteiger charge is -2.37. The van der Waals surface area contributed by atoms with Crippen molar-refractivity contribution < 1.29 is 9.84 Å². The maximum absolute atomic E-state index is 9.07. The summed E-state index contributed by atoms with van der Waals surface area (Å²) in [6, 6.07) is 0.362. The Kier molecular flexibility index (Phi) is 3.98. The van der Waals surface area contributed by atoms with Crippen LogP contribution in [0.25, 0.3) is 0 Å². The number of aliphatic hydroxyl groups excluding tert-OH is 1. The molecule has 1 rings (SSSR count). The monoisotopic (exact) mass is 173 g/mol. The van der Waals surface area contributed by atoms with E-state index in [2.05, 4.69) is 11.8 Å². The maximum Gasteiger partial charge on any atom is 0.0698 e. The van der Waals surface area contributed by atoms with Gasteiger partial charge in [0.15, 0.2) is 0 Å². The van der Waals surface area contributed by atoms with E-state index >= 15 is 0 Å². The van der Waals surface area contributed by atoms with Gasteiger partial charge in [0.05, 0.1) is 12.7 Å². The van der Waals surface area contributed by atoms with Crippen LogP contribution in [0.5, 0.6) is 0 Å². The first-order chi connectivity index (χ1) is 5.81. The molecule has 0 aromatic rings. The normalized spacial score (nSPS) is 32.2. The molecule has 0 aromatic carbocycles. The Morgan fingerprint density at radius 1 is 1.50 bits per heavy atom. The number of nitrogens with zero attached hydrogens (tertiary/aromatic N) is 1. The van der Waals surface area contributed by atoms with Crippen molar-refractivity contribution in [3.05, 3.63) is 0 Å². The van der Waals surface area contributed by atoms with E-state index in [0.717, 1.165) is 25.9 Å². The fourth-order valence-electron chi connectivity index (χ4n) is 1.85. The van der Waals surface area contributed by atoms with Crippen LogP contribution >= 0.6 is 0 Å². The van der Waals surface area contributed by atoms with Crippen LogP contribution in [0.15, 0.2) is 0 Å². The standard InChI is InChI=1S/C9H19NO2/c1-3-10-6-9(12-2)5-4-8(10)7-11/h8-9,11H,3-7H2,1-2H3/t8-,9-/m0/s1. The van der Waals surface area contributed by atoms with Crippen molar-refractivity contribution in [1.82, 2.24) is 4.90 Å². The molecule has 3 nitrogen and oxygen atoms in total. The molecule has 1 fully saturated rings. The van der Waals surface area contributed by atoms with E-state index in [-0.39, 0.29) is 6.61 Å². The van der Waals surface area contributed by atoms with Gasteiger partial charge in [0, 0.05) is 19.7 Å². The minimum Gasteiger partial charge on any atom is -0.395 e. The van der Waals surface area contributed by atoms with E-state index in [1.54, 1.807) is 7.11 Å². The molecule has 0 saturated carbocycles. The molecular weight excluding hydrogens is 154 g/mol. The van der Waals surface area contributed by atoms with Crippen molar-refractivity contribution in [1.29, 1.82) is 0 Å². The number of ether oxygens (including phenoxy) is 1. The Morgan fingerprint density at radius 2 is 2.25 bits per heavy atom. The number of likely N-dealkylation sites (tertiary alicyclic amines) is 1. The summed E-state index contributed by atoms with van der Waals surface area (Å²) in [6.45, 7) is 4.38. The van der Waals surface area contributed by atoms with Crippen molar-refractivity contribution in [3.8, 4) is 0 Å². The Labute approximate surface area is 74.3 Å². The van der Waals surface area contributed by atoms with Gasteiger partial charge in [-0.1, -0.05) is 6.92 Å². The molecule has 1 saturated heterocycles. The molecule has 0 bridgehead atoms. The van der Waals surface area contributed by atoms with Crippen LogP contribution in [0.2, 0.25) is 0 Å². The predicted molar refractivity (Wildman–Crippen MR) is 48.2 cm³/mol. The Morgan fingerprint density at radius 3 is 2.75 bits per heavy atom. The Bertz CT molecular complexity index is 130. The molecule has 1 heterocycles. The fourth-order valence-corrected chi connectivity index (χ4v) is 1.85. The van der Waals surface area contributed by atoms with Gasteiger partial charge in [-0.2, -0.15) is 0 Å². The van der Waals surface area contributed by atoms with Crippen LogP contribution in [0.1, 0.15) is 19.8 Å². The second-order valence-electron chi connectivity index (χ2n) is 3.36. The van der Waals surface area contributed by atoms with Crippen LogP contribution in [-0.4, -0.2) is 49.0 Å². The summed E-state index contributed by atoms with van der Waals surface area (Å²) < 4.78 is 5.29. The van der Waals surface area contributed by atoms with E-state index < -0.39 is 0 Å². The molecule has 0 unspecified atom stereocenters. The summed E-state index contributed by atoms with van der Waals surface area (Å²) in [5.74, 6) is 0. The number of aliphatic hydroxyl groups is 1. The topological polar surface area (TPSA) is 32.7 Å². The van der Waals surface area contributed by atoms with Gasteiger partial charge in [-0.3, -0.25) is 4.90 Å². The summed E-state index contributed by atoms with van der Waals surface area (Å²) in [6.07, 6.45) is 2.51. The molecule has 0 aliphatic carbocycles. The van der Waals surface area contributed by atoms with Gasteiger partial charge in [-0.25, -0.2) is 0 Å². The molecule has 3 heteroatoms. The lowest BCUT2D eigenvalue weighted by atomic mass is 10.0. The third-order valence-corrected chi connectivity index (χ3v) is 2.73. The zero-order valence-electron chi connectivity index (χ0n) is 7.99. The second kappa shape index (κ2) is 4.80. The average Bonchev–Trinajstić information content (AvgIpc) is 2.16. The number of methoxy groups -OCH3 is 1. The predicted octanol–water partition coefficient (Wildman–Crippen LogP) is 0.478. The number of piperidine rings is 1. The van der Waals surface area contributed by atoms with Crippen LogP contribution in [0.3, 0.4) is 0 Å². The SMILES string of the molecule is CCN1C[C@@H](OC)CC[C@H]1CO. The van der Waals surface area contributed by atoms with E-state index in [4.69, 9.17) is 9.84 Å². The minimum absolute atomic E-state index is 0.282. The lowest BCUT2D eigenvalue weighted by molar-refractivity contribution is -0.00684. The van der Waals surface area contributed by atoms with Gasteiger partial charge in [0.25, 0.3) is 0 Å². The highest BCUT2D eigenvalue weighted by molar-refractivity contribution is 4.80. The molecule has 1 aliphatic heterocycles. The van der Waals surface area contributed by atoms with Gasteiger partial charge < -0.3 is 9.84 Å². The molecule has 0 spiro atoms. The van der Waals surface area contributed by atoms with E-state index in [1.165, 1.54) is 0 Å². The van der Waals surface area contributed by atoms with E-state index in [9.17, 15) is 0 Å². The summed E-state index contributed by atoms with van der Waals surface area (Å²) in [4.78, 5) is 2.29. The molecule has 1 N–H and O–H groups in total. The van der Waals surface area contributed by atoms with Gasteiger partial charge >= 0.3 is 0 Å². The first-order valence-electron chi connectivity index (χ1n) is 4.69. The van der Waals surface area contributed by atoms with Crippen molar-refractivity contribution >= 4 is 0 Å². The smallest absolute Gasteiger partial charge is 0.0698 e. The van der Waals surface area contributed by atoms with Crippen LogP contribution in [0, 0.1) is 0 Å². The maximum atomic E-state index is 9.07. The van der Waals surface area contributed by atoms with Crippen molar-refractivity contribution in [2.75, 3.05) is 26.8 Å². The lowest BCUT2D eigenvalue weighted by Crippen LogP contribution is -2.47. The highest BCUT2D eigenvalue weighted by Crippen LogP contribution is 2.18. The highest BCUT2D eigenvalue weighted by atomic mass is 16.5. The zero-order valence-corrected chi connectivity index (χ0v) is 7.99.